The third-order valence-electron chi connectivity index (χ3n) is 4.88. The van der Waals surface area contributed by atoms with E-state index in [2.05, 4.69) is 20.0 Å². The van der Waals surface area contributed by atoms with Crippen LogP contribution in [-0.2, 0) is 10.2 Å². The number of hydrogen-bond acceptors (Lipinski definition) is 6. The molecule has 0 aromatic carbocycles. The number of rotatable bonds is 4. The lowest BCUT2D eigenvalue weighted by molar-refractivity contribution is 0.343. The fourth-order valence-electron chi connectivity index (χ4n) is 3.41. The monoisotopic (exact) mass is 377 g/mol. The van der Waals surface area contributed by atoms with E-state index in [0.717, 1.165) is 24.4 Å². The predicted molar refractivity (Wildman–Crippen MR) is 97.4 cm³/mol. The van der Waals surface area contributed by atoms with Crippen molar-refractivity contribution >= 4 is 16.0 Å². The third kappa shape index (κ3) is 3.31. The van der Waals surface area contributed by atoms with E-state index in [9.17, 15) is 8.42 Å². The number of aryl methyl sites for hydroxylation is 1. The van der Waals surface area contributed by atoms with Gasteiger partial charge >= 0.3 is 0 Å². The van der Waals surface area contributed by atoms with Gasteiger partial charge in [-0.15, -0.1) is 0 Å². The van der Waals surface area contributed by atoms with Crippen LogP contribution in [0.25, 0.3) is 5.82 Å². The molecule has 9 nitrogen and oxygen atoms in total. The quantitative estimate of drug-likeness (QED) is 0.768. The highest BCUT2D eigenvalue weighted by Gasteiger charge is 2.34. The normalized spacial score (nSPS) is 20.0. The third-order valence-corrected chi connectivity index (χ3v) is 6.91. The molecule has 0 N–H and O–H groups in total. The molecule has 26 heavy (non-hydrogen) atoms. The molecule has 0 saturated carbocycles. The van der Waals surface area contributed by atoms with Gasteiger partial charge in [0.05, 0.1) is 5.69 Å². The predicted octanol–water partition coefficient (Wildman–Crippen LogP) is 0.433. The summed E-state index contributed by atoms with van der Waals surface area (Å²) in [6, 6.07) is 3.81. The summed E-state index contributed by atoms with van der Waals surface area (Å²) in [6.45, 7) is 5.38. The summed E-state index contributed by atoms with van der Waals surface area (Å²) in [5.41, 5.74) is 0.922. The molecular formula is C16H23N7O2S. The first kappa shape index (κ1) is 17.4. The minimum Gasteiger partial charge on any atom is -0.354 e. The average molecular weight is 377 g/mol. The molecule has 10 heteroatoms. The van der Waals surface area contributed by atoms with Gasteiger partial charge in [-0.25, -0.2) is 14.6 Å². The number of nitrogens with zero attached hydrogens (tertiary/aromatic N) is 7. The number of aromatic nitrogens is 4. The van der Waals surface area contributed by atoms with E-state index in [4.69, 9.17) is 0 Å². The molecule has 2 aromatic rings. The minimum absolute atomic E-state index is 0.471. The molecule has 4 heterocycles. The van der Waals surface area contributed by atoms with Gasteiger partial charge in [-0.05, 0) is 25.8 Å². The van der Waals surface area contributed by atoms with E-state index in [1.54, 1.807) is 13.3 Å². The average Bonchev–Trinajstić information content (AvgIpc) is 3.34. The van der Waals surface area contributed by atoms with Crippen molar-refractivity contribution in [3.63, 3.8) is 0 Å². The zero-order valence-electron chi connectivity index (χ0n) is 14.8. The van der Waals surface area contributed by atoms with E-state index in [-0.39, 0.29) is 0 Å². The highest BCUT2D eigenvalue weighted by molar-refractivity contribution is 7.86. The lowest BCUT2D eigenvalue weighted by atomic mass is 10.3. The summed E-state index contributed by atoms with van der Waals surface area (Å²) in [7, 11) is -3.32. The van der Waals surface area contributed by atoms with Gasteiger partial charge in [-0.2, -0.15) is 22.1 Å². The van der Waals surface area contributed by atoms with Crippen molar-refractivity contribution in [1.29, 1.82) is 0 Å². The summed E-state index contributed by atoms with van der Waals surface area (Å²) >= 11 is 0. The number of piperazine rings is 1. The van der Waals surface area contributed by atoms with Crippen LogP contribution in [0.2, 0.25) is 0 Å². The molecule has 0 unspecified atom stereocenters. The topological polar surface area (TPSA) is 87.5 Å². The molecule has 2 fully saturated rings. The van der Waals surface area contributed by atoms with Crippen LogP contribution >= 0.6 is 0 Å². The molecule has 0 spiro atoms. The van der Waals surface area contributed by atoms with Crippen LogP contribution in [0.3, 0.4) is 0 Å². The minimum atomic E-state index is -3.32. The zero-order valence-corrected chi connectivity index (χ0v) is 15.6. The van der Waals surface area contributed by atoms with E-state index < -0.39 is 10.2 Å². The van der Waals surface area contributed by atoms with Crippen molar-refractivity contribution < 1.29 is 8.42 Å². The fraction of sp³-hybridized carbons (Fsp3) is 0.562. The Kier molecular flexibility index (Phi) is 4.63. The molecule has 0 amide bonds. The molecule has 4 rings (SSSR count). The van der Waals surface area contributed by atoms with Gasteiger partial charge in [-0.1, -0.05) is 0 Å². The molecule has 2 aliphatic rings. The Labute approximate surface area is 153 Å². The van der Waals surface area contributed by atoms with Crippen molar-refractivity contribution in [2.24, 2.45) is 0 Å². The van der Waals surface area contributed by atoms with Crippen LogP contribution in [0.5, 0.6) is 0 Å². The van der Waals surface area contributed by atoms with Crippen LogP contribution in [0.15, 0.2) is 24.7 Å². The van der Waals surface area contributed by atoms with Crippen LogP contribution in [0.1, 0.15) is 18.5 Å². The lowest BCUT2D eigenvalue weighted by Crippen LogP contribution is -2.52. The van der Waals surface area contributed by atoms with Crippen molar-refractivity contribution in [3.05, 3.63) is 30.4 Å². The van der Waals surface area contributed by atoms with Crippen molar-refractivity contribution in [1.82, 2.24) is 28.4 Å². The van der Waals surface area contributed by atoms with Crippen LogP contribution in [-0.4, -0.2) is 76.0 Å². The standard InChI is InChI=1S/C16H23N7O2S/c1-14-4-7-23(19-14)16-12-15(17-13-18-16)20-8-10-22(11-9-20)26(24,25)21-5-2-3-6-21/h4,7,12-13H,2-3,5-6,8-11H2,1H3. The molecule has 2 saturated heterocycles. The van der Waals surface area contributed by atoms with Gasteiger partial charge in [0, 0.05) is 51.5 Å². The fourth-order valence-corrected chi connectivity index (χ4v) is 5.08. The molecule has 0 aliphatic carbocycles. The maximum Gasteiger partial charge on any atom is 0.282 e. The molecular weight excluding hydrogens is 354 g/mol. The molecule has 0 atom stereocenters. The first-order chi connectivity index (χ1) is 12.5. The summed E-state index contributed by atoms with van der Waals surface area (Å²) in [4.78, 5) is 10.7. The van der Waals surface area contributed by atoms with Gasteiger partial charge in [-0.3, -0.25) is 0 Å². The highest BCUT2D eigenvalue weighted by atomic mass is 32.2. The van der Waals surface area contributed by atoms with Gasteiger partial charge in [0.15, 0.2) is 5.82 Å². The first-order valence-electron chi connectivity index (χ1n) is 8.89. The summed E-state index contributed by atoms with van der Waals surface area (Å²) in [5.74, 6) is 1.50. The smallest absolute Gasteiger partial charge is 0.282 e. The van der Waals surface area contributed by atoms with Crippen LogP contribution in [0, 0.1) is 6.92 Å². The maximum absolute atomic E-state index is 12.7. The van der Waals surface area contributed by atoms with E-state index in [0.29, 0.717) is 45.1 Å². The Balaban J connectivity index is 1.45. The van der Waals surface area contributed by atoms with Crippen molar-refractivity contribution in [2.75, 3.05) is 44.2 Å². The first-order valence-corrected chi connectivity index (χ1v) is 10.3. The van der Waals surface area contributed by atoms with E-state index in [1.165, 1.54) is 6.33 Å². The molecule has 0 bridgehead atoms. The second-order valence-electron chi connectivity index (χ2n) is 6.64. The lowest BCUT2D eigenvalue weighted by Gasteiger charge is -2.36. The van der Waals surface area contributed by atoms with E-state index >= 15 is 0 Å². The van der Waals surface area contributed by atoms with Gasteiger partial charge < -0.3 is 4.90 Å². The maximum atomic E-state index is 12.7. The largest absolute Gasteiger partial charge is 0.354 e. The zero-order chi connectivity index (χ0) is 18.1. The van der Waals surface area contributed by atoms with Crippen LogP contribution in [0.4, 0.5) is 5.82 Å². The number of anilines is 1. The Morgan fingerprint density at radius 1 is 0.923 bits per heavy atom. The second kappa shape index (κ2) is 6.93. The molecule has 140 valence electrons. The molecule has 0 radical (unpaired) electrons. The van der Waals surface area contributed by atoms with Gasteiger partial charge in [0.1, 0.15) is 12.1 Å². The summed E-state index contributed by atoms with van der Waals surface area (Å²) in [6.07, 6.45) is 5.29. The highest BCUT2D eigenvalue weighted by Crippen LogP contribution is 2.20. The van der Waals surface area contributed by atoms with Gasteiger partial charge in [0.25, 0.3) is 10.2 Å². The SMILES string of the molecule is Cc1ccn(-c2cc(N3CCN(S(=O)(=O)N4CCCC4)CC3)ncn2)n1. The Morgan fingerprint density at radius 2 is 1.58 bits per heavy atom. The Morgan fingerprint density at radius 3 is 2.23 bits per heavy atom. The Bertz CT molecular complexity index is 868. The molecule has 2 aliphatic heterocycles. The van der Waals surface area contributed by atoms with Crippen molar-refractivity contribution in [3.8, 4) is 5.82 Å². The molecule has 2 aromatic heterocycles. The number of hydrogen-bond donors (Lipinski definition) is 0. The van der Waals surface area contributed by atoms with E-state index in [1.807, 2.05) is 25.3 Å². The Hall–Kier alpha value is -2.04. The second-order valence-corrected chi connectivity index (χ2v) is 8.56. The van der Waals surface area contributed by atoms with Crippen LogP contribution < -0.4 is 4.90 Å². The van der Waals surface area contributed by atoms with Crippen molar-refractivity contribution in [2.45, 2.75) is 19.8 Å². The van der Waals surface area contributed by atoms with Gasteiger partial charge in [0.2, 0.25) is 0 Å². The summed E-state index contributed by atoms with van der Waals surface area (Å²) < 4.78 is 30.2. The summed E-state index contributed by atoms with van der Waals surface area (Å²) in [5, 5.41) is 4.37.